The molecule has 0 atom stereocenters. The summed E-state index contributed by atoms with van der Waals surface area (Å²) < 4.78 is 4.70. The van der Waals surface area contributed by atoms with E-state index in [4.69, 9.17) is 4.74 Å². The van der Waals surface area contributed by atoms with Crippen LogP contribution in [0.3, 0.4) is 0 Å². The molecule has 0 bridgehead atoms. The van der Waals surface area contributed by atoms with Crippen molar-refractivity contribution < 1.29 is 14.3 Å². The van der Waals surface area contributed by atoms with Crippen molar-refractivity contribution in [3.8, 4) is 0 Å². The van der Waals surface area contributed by atoms with Crippen LogP contribution in [-0.2, 0) is 9.53 Å². The Kier molecular flexibility index (Phi) is 6.56. The van der Waals surface area contributed by atoms with Crippen LogP contribution in [0.1, 0.15) is 30.6 Å². The minimum atomic E-state index is -0.423. The lowest BCUT2D eigenvalue weighted by Crippen LogP contribution is -2.31. The molecule has 0 saturated heterocycles. The molecule has 0 heterocycles. The van der Waals surface area contributed by atoms with Crippen molar-refractivity contribution in [3.05, 3.63) is 29.8 Å². The van der Waals surface area contributed by atoms with Crippen molar-refractivity contribution in [2.75, 3.05) is 25.5 Å². The fraction of sp³-hybridized carbons (Fsp3) is 0.467. The number of amides is 1. The number of carbonyl (C=O) groups excluding carboxylic acids is 2. The number of hydrogen-bond acceptors (Lipinski definition) is 4. The number of nitrogens with one attached hydrogen (secondary N) is 2. The van der Waals surface area contributed by atoms with Gasteiger partial charge in [0.2, 0.25) is 5.91 Å². The molecule has 1 rings (SSSR count). The molecule has 0 saturated carbocycles. The maximum atomic E-state index is 11.7. The quantitative estimate of drug-likeness (QED) is 0.749. The number of benzene rings is 1. The number of rotatable bonds is 7. The van der Waals surface area contributed by atoms with E-state index in [-0.39, 0.29) is 12.5 Å². The Hall–Kier alpha value is -2.04. The average molecular weight is 278 g/mol. The molecule has 20 heavy (non-hydrogen) atoms. The lowest BCUT2D eigenvalue weighted by atomic mass is 10.1. The van der Waals surface area contributed by atoms with E-state index in [1.54, 1.807) is 24.3 Å². The lowest BCUT2D eigenvalue weighted by Gasteiger charge is -2.11. The first kappa shape index (κ1) is 16.0. The Balaban J connectivity index is 2.49. The van der Waals surface area contributed by atoms with Crippen molar-refractivity contribution >= 4 is 17.6 Å². The Morgan fingerprint density at radius 1 is 1.25 bits per heavy atom. The Morgan fingerprint density at radius 2 is 1.95 bits per heavy atom. The second kappa shape index (κ2) is 8.19. The van der Waals surface area contributed by atoms with Crippen molar-refractivity contribution in [1.29, 1.82) is 0 Å². The third kappa shape index (κ3) is 5.30. The number of esters is 1. The summed E-state index contributed by atoms with van der Waals surface area (Å²) in [5.74, 6) is 0.0435. The molecular formula is C15H22N2O3. The van der Waals surface area contributed by atoms with Crippen LogP contribution in [0.4, 0.5) is 5.69 Å². The first-order chi connectivity index (χ1) is 9.54. The Morgan fingerprint density at radius 3 is 2.60 bits per heavy atom. The summed E-state index contributed by atoms with van der Waals surface area (Å²) in [5.41, 5.74) is 1.02. The minimum Gasteiger partial charge on any atom is -0.465 e. The zero-order valence-electron chi connectivity index (χ0n) is 12.2. The SMILES string of the molecule is COC(=O)c1ccccc1NCC(=O)NCCC(C)C. The van der Waals surface area contributed by atoms with Gasteiger partial charge < -0.3 is 15.4 Å². The summed E-state index contributed by atoms with van der Waals surface area (Å²) >= 11 is 0. The van der Waals surface area contributed by atoms with Crippen LogP contribution >= 0.6 is 0 Å². The van der Waals surface area contributed by atoms with E-state index < -0.39 is 5.97 Å². The third-order valence-corrected chi connectivity index (χ3v) is 2.82. The molecule has 0 aliphatic heterocycles. The molecule has 2 N–H and O–H groups in total. The minimum absolute atomic E-state index is 0.0923. The topological polar surface area (TPSA) is 67.4 Å². The fourth-order valence-corrected chi connectivity index (χ4v) is 1.66. The predicted molar refractivity (Wildman–Crippen MR) is 78.7 cm³/mol. The van der Waals surface area contributed by atoms with Gasteiger partial charge in [-0.15, -0.1) is 0 Å². The lowest BCUT2D eigenvalue weighted by molar-refractivity contribution is -0.119. The highest BCUT2D eigenvalue weighted by Gasteiger charge is 2.11. The predicted octanol–water partition coefficient (Wildman–Crippen LogP) is 2.05. The van der Waals surface area contributed by atoms with Gasteiger partial charge in [0.05, 0.1) is 19.2 Å². The fourth-order valence-electron chi connectivity index (χ4n) is 1.66. The van der Waals surface area contributed by atoms with Gasteiger partial charge in [-0.2, -0.15) is 0 Å². The molecule has 110 valence electrons. The van der Waals surface area contributed by atoms with E-state index in [0.717, 1.165) is 6.42 Å². The highest BCUT2D eigenvalue weighted by atomic mass is 16.5. The van der Waals surface area contributed by atoms with Gasteiger partial charge >= 0.3 is 5.97 Å². The zero-order chi connectivity index (χ0) is 15.0. The second-order valence-electron chi connectivity index (χ2n) is 4.92. The summed E-state index contributed by atoms with van der Waals surface area (Å²) in [4.78, 5) is 23.2. The molecule has 1 aromatic rings. The van der Waals surface area contributed by atoms with Crippen molar-refractivity contribution in [2.24, 2.45) is 5.92 Å². The number of para-hydroxylation sites is 1. The van der Waals surface area contributed by atoms with E-state index in [1.165, 1.54) is 7.11 Å². The number of methoxy groups -OCH3 is 1. The first-order valence-corrected chi connectivity index (χ1v) is 6.72. The molecule has 5 nitrogen and oxygen atoms in total. The zero-order valence-corrected chi connectivity index (χ0v) is 12.2. The summed E-state index contributed by atoms with van der Waals surface area (Å²) in [6.45, 7) is 5.01. The standard InChI is InChI=1S/C15H22N2O3/c1-11(2)8-9-16-14(18)10-17-13-7-5-4-6-12(13)15(19)20-3/h4-7,11,17H,8-10H2,1-3H3,(H,16,18). The maximum Gasteiger partial charge on any atom is 0.339 e. The molecule has 0 radical (unpaired) electrons. The van der Waals surface area contributed by atoms with Gasteiger partial charge in [-0.1, -0.05) is 26.0 Å². The van der Waals surface area contributed by atoms with Gasteiger partial charge in [0.1, 0.15) is 0 Å². The second-order valence-corrected chi connectivity index (χ2v) is 4.92. The van der Waals surface area contributed by atoms with Gasteiger partial charge in [0, 0.05) is 12.2 Å². The molecular weight excluding hydrogens is 256 g/mol. The van der Waals surface area contributed by atoms with Crippen LogP contribution in [0, 0.1) is 5.92 Å². The van der Waals surface area contributed by atoms with Crippen LogP contribution in [0.5, 0.6) is 0 Å². The van der Waals surface area contributed by atoms with Gasteiger partial charge in [0.15, 0.2) is 0 Å². The molecule has 0 aliphatic carbocycles. The van der Waals surface area contributed by atoms with Gasteiger partial charge in [-0.25, -0.2) is 4.79 Å². The molecule has 0 aliphatic rings. The van der Waals surface area contributed by atoms with E-state index in [0.29, 0.717) is 23.7 Å². The Bertz CT molecular complexity index is 458. The van der Waals surface area contributed by atoms with E-state index in [2.05, 4.69) is 24.5 Å². The summed E-state index contributed by atoms with van der Waals surface area (Å²) in [6, 6.07) is 6.95. The van der Waals surface area contributed by atoms with Crippen molar-refractivity contribution in [2.45, 2.75) is 20.3 Å². The smallest absolute Gasteiger partial charge is 0.339 e. The molecule has 0 unspecified atom stereocenters. The maximum absolute atomic E-state index is 11.7. The molecule has 5 heteroatoms. The van der Waals surface area contributed by atoms with Gasteiger partial charge in [-0.05, 0) is 24.5 Å². The van der Waals surface area contributed by atoms with Crippen LogP contribution in [-0.4, -0.2) is 32.1 Å². The number of ether oxygens (including phenoxy) is 1. The Labute approximate surface area is 119 Å². The summed E-state index contributed by atoms with van der Waals surface area (Å²) in [7, 11) is 1.33. The summed E-state index contributed by atoms with van der Waals surface area (Å²) in [6.07, 6.45) is 0.949. The number of hydrogen-bond donors (Lipinski definition) is 2. The monoisotopic (exact) mass is 278 g/mol. The number of anilines is 1. The highest BCUT2D eigenvalue weighted by Crippen LogP contribution is 2.15. The largest absolute Gasteiger partial charge is 0.465 e. The van der Waals surface area contributed by atoms with Crippen molar-refractivity contribution in [3.63, 3.8) is 0 Å². The average Bonchev–Trinajstić information content (AvgIpc) is 2.44. The first-order valence-electron chi connectivity index (χ1n) is 6.72. The van der Waals surface area contributed by atoms with Crippen LogP contribution in [0.25, 0.3) is 0 Å². The molecule has 1 amide bonds. The number of carbonyl (C=O) groups is 2. The highest BCUT2D eigenvalue weighted by molar-refractivity contribution is 5.96. The van der Waals surface area contributed by atoms with Crippen LogP contribution in [0.15, 0.2) is 24.3 Å². The molecule has 0 aromatic heterocycles. The normalized spacial score (nSPS) is 10.2. The van der Waals surface area contributed by atoms with Crippen LogP contribution in [0.2, 0.25) is 0 Å². The van der Waals surface area contributed by atoms with E-state index in [1.807, 2.05) is 0 Å². The van der Waals surface area contributed by atoms with Gasteiger partial charge in [-0.3, -0.25) is 4.79 Å². The molecule has 0 spiro atoms. The summed E-state index contributed by atoms with van der Waals surface area (Å²) in [5, 5.41) is 5.78. The van der Waals surface area contributed by atoms with Crippen molar-refractivity contribution in [1.82, 2.24) is 5.32 Å². The van der Waals surface area contributed by atoms with Gasteiger partial charge in [0.25, 0.3) is 0 Å². The van der Waals surface area contributed by atoms with E-state index in [9.17, 15) is 9.59 Å². The third-order valence-electron chi connectivity index (χ3n) is 2.82. The molecule has 0 fully saturated rings. The molecule has 1 aromatic carbocycles. The van der Waals surface area contributed by atoms with Crippen LogP contribution < -0.4 is 10.6 Å². The van der Waals surface area contributed by atoms with E-state index >= 15 is 0 Å².